The number of nitrogens with one attached hydrogen (secondary N) is 1. The second-order valence-corrected chi connectivity index (χ2v) is 6.28. The Morgan fingerprint density at radius 1 is 1.15 bits per heavy atom. The van der Waals surface area contributed by atoms with Crippen LogP contribution < -0.4 is 10.1 Å². The first-order valence-corrected chi connectivity index (χ1v) is 8.67. The zero-order valence-electron chi connectivity index (χ0n) is 14.2. The first kappa shape index (κ1) is 16.3. The highest BCUT2D eigenvalue weighted by molar-refractivity contribution is 5.92. The number of imidazole rings is 1. The Kier molecular flexibility index (Phi) is 4.59. The van der Waals surface area contributed by atoms with Gasteiger partial charge in [0.1, 0.15) is 24.2 Å². The highest BCUT2D eigenvalue weighted by Gasteiger charge is 2.22. The predicted octanol–water partition coefficient (Wildman–Crippen LogP) is 3.58. The average Bonchev–Trinajstić information content (AvgIpc) is 3.38. The highest BCUT2D eigenvalue weighted by atomic mass is 16.5. The van der Waals surface area contributed by atoms with Gasteiger partial charge in [-0.1, -0.05) is 12.8 Å². The molecule has 1 aliphatic carbocycles. The van der Waals surface area contributed by atoms with Gasteiger partial charge in [0.2, 0.25) is 11.8 Å². The molecule has 2 aromatic heterocycles. The smallest absolute Gasteiger partial charge is 0.227 e. The number of ether oxygens (including phenoxy) is 1. The second kappa shape index (κ2) is 7.35. The maximum Gasteiger partial charge on any atom is 0.227 e. The van der Waals surface area contributed by atoms with E-state index in [1.54, 1.807) is 29.4 Å². The van der Waals surface area contributed by atoms with Gasteiger partial charge < -0.3 is 10.1 Å². The predicted molar refractivity (Wildman–Crippen MR) is 96.3 cm³/mol. The first-order valence-electron chi connectivity index (χ1n) is 8.67. The molecule has 7 nitrogen and oxygen atoms in total. The van der Waals surface area contributed by atoms with Crippen LogP contribution in [-0.4, -0.2) is 25.4 Å². The van der Waals surface area contributed by atoms with Crippen LogP contribution in [0.2, 0.25) is 0 Å². The van der Waals surface area contributed by atoms with E-state index in [4.69, 9.17) is 4.74 Å². The fraction of sp³-hybridized carbons (Fsp3) is 0.263. The molecule has 0 aliphatic heterocycles. The molecule has 26 heavy (non-hydrogen) atoms. The number of carbonyl (C=O) groups excluding carboxylic acids is 1. The topological polar surface area (TPSA) is 81.9 Å². The van der Waals surface area contributed by atoms with Crippen molar-refractivity contribution in [2.75, 3.05) is 5.32 Å². The zero-order valence-corrected chi connectivity index (χ0v) is 14.2. The van der Waals surface area contributed by atoms with Crippen LogP contribution in [0, 0.1) is 5.92 Å². The SMILES string of the molecule is O=C(Nc1ccc(Oc2cc(-n3ccnc3)ncn2)cc1)C1CCCC1. The van der Waals surface area contributed by atoms with Crippen LogP contribution in [0.4, 0.5) is 5.69 Å². The van der Waals surface area contributed by atoms with E-state index in [1.165, 1.54) is 6.33 Å². The molecule has 132 valence electrons. The number of rotatable bonds is 5. The summed E-state index contributed by atoms with van der Waals surface area (Å²) >= 11 is 0. The molecule has 0 atom stereocenters. The van der Waals surface area contributed by atoms with Gasteiger partial charge in [-0.05, 0) is 37.1 Å². The molecule has 2 heterocycles. The molecule has 1 saturated carbocycles. The van der Waals surface area contributed by atoms with Crippen LogP contribution in [0.1, 0.15) is 25.7 Å². The number of hydrogen-bond donors (Lipinski definition) is 1. The molecular formula is C19H19N5O2. The van der Waals surface area contributed by atoms with Crippen molar-refractivity contribution in [2.45, 2.75) is 25.7 Å². The summed E-state index contributed by atoms with van der Waals surface area (Å²) in [6.07, 6.45) is 10.8. The molecule has 7 heteroatoms. The summed E-state index contributed by atoms with van der Waals surface area (Å²) in [7, 11) is 0. The molecule has 0 saturated heterocycles. The number of hydrogen-bond acceptors (Lipinski definition) is 5. The van der Waals surface area contributed by atoms with Crippen LogP contribution in [0.25, 0.3) is 5.82 Å². The van der Waals surface area contributed by atoms with E-state index in [0.29, 0.717) is 17.4 Å². The van der Waals surface area contributed by atoms with Crippen molar-refractivity contribution in [3.8, 4) is 17.4 Å². The average molecular weight is 349 g/mol. The van der Waals surface area contributed by atoms with E-state index in [9.17, 15) is 4.79 Å². The fourth-order valence-corrected chi connectivity index (χ4v) is 3.08. The molecule has 0 unspecified atom stereocenters. The van der Waals surface area contributed by atoms with E-state index < -0.39 is 0 Å². The lowest BCUT2D eigenvalue weighted by Gasteiger charge is -2.11. The molecule has 4 rings (SSSR count). The summed E-state index contributed by atoms with van der Waals surface area (Å²) < 4.78 is 7.55. The Bertz CT molecular complexity index is 871. The number of benzene rings is 1. The lowest BCUT2D eigenvalue weighted by atomic mass is 10.1. The van der Waals surface area contributed by atoms with Gasteiger partial charge >= 0.3 is 0 Å². The highest BCUT2D eigenvalue weighted by Crippen LogP contribution is 2.27. The van der Waals surface area contributed by atoms with E-state index in [-0.39, 0.29) is 11.8 Å². The maximum atomic E-state index is 12.2. The third-order valence-electron chi connectivity index (χ3n) is 4.47. The number of carbonyl (C=O) groups is 1. The molecule has 0 bridgehead atoms. The Morgan fingerprint density at radius 3 is 2.69 bits per heavy atom. The molecule has 1 amide bonds. The van der Waals surface area contributed by atoms with Gasteiger partial charge in [-0.2, -0.15) is 0 Å². The van der Waals surface area contributed by atoms with Crippen molar-refractivity contribution in [1.82, 2.24) is 19.5 Å². The standard InChI is InChI=1S/C19H19N5O2/c25-19(14-3-1-2-4-14)23-15-5-7-16(8-6-15)26-18-11-17(21-12-22-18)24-10-9-20-13-24/h5-14H,1-4H2,(H,23,25). The van der Waals surface area contributed by atoms with Gasteiger partial charge in [0.05, 0.1) is 0 Å². The van der Waals surface area contributed by atoms with Gasteiger partial charge in [0.25, 0.3) is 0 Å². The van der Waals surface area contributed by atoms with Crippen molar-refractivity contribution in [3.05, 3.63) is 55.4 Å². The third kappa shape index (κ3) is 3.72. The van der Waals surface area contributed by atoms with Crippen molar-refractivity contribution in [2.24, 2.45) is 5.92 Å². The molecule has 0 radical (unpaired) electrons. The summed E-state index contributed by atoms with van der Waals surface area (Å²) in [5.41, 5.74) is 0.774. The summed E-state index contributed by atoms with van der Waals surface area (Å²) in [6.45, 7) is 0. The number of anilines is 1. The number of amides is 1. The third-order valence-corrected chi connectivity index (χ3v) is 4.47. The summed E-state index contributed by atoms with van der Waals surface area (Å²) in [4.78, 5) is 24.5. The molecular weight excluding hydrogens is 330 g/mol. The Balaban J connectivity index is 1.41. The maximum absolute atomic E-state index is 12.2. The summed E-state index contributed by atoms with van der Waals surface area (Å²) in [5, 5.41) is 2.97. The minimum absolute atomic E-state index is 0.108. The van der Waals surface area contributed by atoms with Crippen LogP contribution >= 0.6 is 0 Å². The van der Waals surface area contributed by atoms with Crippen molar-refractivity contribution >= 4 is 11.6 Å². The molecule has 1 fully saturated rings. The molecule has 1 aliphatic rings. The minimum atomic E-state index is 0.108. The molecule has 0 spiro atoms. The summed E-state index contributed by atoms with van der Waals surface area (Å²) in [6, 6.07) is 9.02. The summed E-state index contributed by atoms with van der Waals surface area (Å²) in [5.74, 6) is 2.00. The van der Waals surface area contributed by atoms with E-state index in [0.717, 1.165) is 31.4 Å². The normalized spacial score (nSPS) is 14.3. The fourth-order valence-electron chi connectivity index (χ4n) is 3.08. The minimum Gasteiger partial charge on any atom is -0.439 e. The number of aromatic nitrogens is 4. The van der Waals surface area contributed by atoms with Crippen molar-refractivity contribution in [1.29, 1.82) is 0 Å². The van der Waals surface area contributed by atoms with Crippen molar-refractivity contribution in [3.63, 3.8) is 0 Å². The first-order chi connectivity index (χ1) is 12.8. The molecule has 3 aromatic rings. The Hall–Kier alpha value is -3.22. The van der Waals surface area contributed by atoms with Gasteiger partial charge in [-0.15, -0.1) is 0 Å². The second-order valence-electron chi connectivity index (χ2n) is 6.28. The van der Waals surface area contributed by atoms with E-state index >= 15 is 0 Å². The quantitative estimate of drug-likeness (QED) is 0.761. The van der Waals surface area contributed by atoms with Crippen LogP contribution in [-0.2, 0) is 4.79 Å². The van der Waals surface area contributed by atoms with Gasteiger partial charge in [-0.25, -0.2) is 15.0 Å². The molecule has 1 N–H and O–H groups in total. The largest absolute Gasteiger partial charge is 0.439 e. The van der Waals surface area contributed by atoms with E-state index in [2.05, 4.69) is 20.3 Å². The van der Waals surface area contributed by atoms with Gasteiger partial charge in [0.15, 0.2) is 0 Å². The lowest BCUT2D eigenvalue weighted by Crippen LogP contribution is -2.20. The van der Waals surface area contributed by atoms with Crippen LogP contribution in [0.3, 0.4) is 0 Å². The molecule has 1 aromatic carbocycles. The Labute approximate surface area is 151 Å². The van der Waals surface area contributed by atoms with Crippen LogP contribution in [0.5, 0.6) is 11.6 Å². The monoisotopic (exact) mass is 349 g/mol. The Morgan fingerprint density at radius 2 is 1.96 bits per heavy atom. The van der Waals surface area contributed by atoms with E-state index in [1.807, 2.05) is 24.3 Å². The van der Waals surface area contributed by atoms with Crippen molar-refractivity contribution < 1.29 is 9.53 Å². The van der Waals surface area contributed by atoms with Crippen LogP contribution in [0.15, 0.2) is 55.4 Å². The lowest BCUT2D eigenvalue weighted by molar-refractivity contribution is -0.119. The van der Waals surface area contributed by atoms with Gasteiger partial charge in [-0.3, -0.25) is 9.36 Å². The van der Waals surface area contributed by atoms with Gasteiger partial charge in [0, 0.05) is 30.1 Å². The zero-order chi connectivity index (χ0) is 17.8. The number of nitrogens with zero attached hydrogens (tertiary/aromatic N) is 4.